The maximum atomic E-state index is 13.5. The number of fused-ring (bicyclic) bond motifs is 1. The largest absolute Gasteiger partial charge is 0.451 e. The lowest BCUT2D eigenvalue weighted by molar-refractivity contribution is 0.0662. The van der Waals surface area contributed by atoms with Gasteiger partial charge in [0.1, 0.15) is 11.4 Å². The molecule has 0 bridgehead atoms. The van der Waals surface area contributed by atoms with Gasteiger partial charge in [0.25, 0.3) is 16.1 Å². The minimum atomic E-state index is -3.55. The van der Waals surface area contributed by atoms with Crippen molar-refractivity contribution in [3.8, 4) is 0 Å². The number of hydrogen-bond donors (Lipinski definition) is 0. The molecule has 1 saturated carbocycles. The zero-order chi connectivity index (χ0) is 21.5. The van der Waals surface area contributed by atoms with Crippen molar-refractivity contribution in [1.82, 2.24) is 13.5 Å². The van der Waals surface area contributed by atoms with Crippen LogP contribution in [-0.4, -0.2) is 67.1 Å². The van der Waals surface area contributed by atoms with Crippen molar-refractivity contribution < 1.29 is 22.0 Å². The molecule has 9 heteroatoms. The van der Waals surface area contributed by atoms with Crippen LogP contribution in [0.25, 0.3) is 11.0 Å². The molecule has 0 spiro atoms. The van der Waals surface area contributed by atoms with E-state index in [0.717, 1.165) is 25.7 Å². The standard InChI is InChI=1S/C21H28FN3O4S/c1-15-18-14-16(22)8-9-19(18)29-20(15)21(26)24-10-12-25(13-11-24)30(27,28)23(2)17-6-4-3-5-7-17/h8-9,14,17H,3-7,10-13H2,1-2H3. The molecule has 1 aliphatic heterocycles. The Morgan fingerprint density at radius 1 is 1.13 bits per heavy atom. The molecule has 30 heavy (non-hydrogen) atoms. The highest BCUT2D eigenvalue weighted by molar-refractivity contribution is 7.86. The monoisotopic (exact) mass is 437 g/mol. The molecule has 1 saturated heterocycles. The van der Waals surface area contributed by atoms with Crippen LogP contribution in [0.2, 0.25) is 0 Å². The van der Waals surface area contributed by atoms with Crippen LogP contribution in [0.5, 0.6) is 0 Å². The first-order valence-corrected chi connectivity index (χ1v) is 11.9. The molecule has 164 valence electrons. The predicted molar refractivity (Wildman–Crippen MR) is 112 cm³/mol. The van der Waals surface area contributed by atoms with E-state index in [-0.39, 0.29) is 36.6 Å². The van der Waals surface area contributed by atoms with Crippen molar-refractivity contribution in [3.05, 3.63) is 35.3 Å². The van der Waals surface area contributed by atoms with E-state index < -0.39 is 10.2 Å². The van der Waals surface area contributed by atoms with Crippen LogP contribution < -0.4 is 0 Å². The van der Waals surface area contributed by atoms with Crippen LogP contribution in [0.3, 0.4) is 0 Å². The van der Waals surface area contributed by atoms with E-state index in [0.29, 0.717) is 29.6 Å². The van der Waals surface area contributed by atoms with Gasteiger partial charge >= 0.3 is 0 Å². The maximum Gasteiger partial charge on any atom is 0.289 e. The zero-order valence-corrected chi connectivity index (χ0v) is 18.3. The van der Waals surface area contributed by atoms with E-state index in [1.807, 2.05) is 0 Å². The molecule has 1 aromatic carbocycles. The number of amides is 1. The summed E-state index contributed by atoms with van der Waals surface area (Å²) >= 11 is 0. The molecule has 2 heterocycles. The topological polar surface area (TPSA) is 74.1 Å². The fourth-order valence-corrected chi connectivity index (χ4v) is 6.05. The summed E-state index contributed by atoms with van der Waals surface area (Å²) < 4.78 is 48.3. The van der Waals surface area contributed by atoms with Gasteiger partial charge in [0.05, 0.1) is 0 Å². The average molecular weight is 438 g/mol. The molecule has 1 aromatic heterocycles. The highest BCUT2D eigenvalue weighted by Gasteiger charge is 2.36. The second-order valence-electron chi connectivity index (χ2n) is 8.20. The molecule has 0 N–H and O–H groups in total. The predicted octanol–water partition coefficient (Wildman–Crippen LogP) is 3.15. The summed E-state index contributed by atoms with van der Waals surface area (Å²) in [6.07, 6.45) is 5.10. The first kappa shape index (κ1) is 21.3. The van der Waals surface area contributed by atoms with Gasteiger partial charge in [0, 0.05) is 50.2 Å². The molecule has 0 atom stereocenters. The molecule has 7 nitrogen and oxygen atoms in total. The SMILES string of the molecule is Cc1c(C(=O)N2CCN(S(=O)(=O)N(C)C3CCCCC3)CC2)oc2ccc(F)cc12. The van der Waals surface area contributed by atoms with E-state index in [2.05, 4.69) is 0 Å². The fraction of sp³-hybridized carbons (Fsp3) is 0.571. The molecular weight excluding hydrogens is 409 g/mol. The number of piperazine rings is 1. The van der Waals surface area contributed by atoms with E-state index in [1.54, 1.807) is 18.9 Å². The van der Waals surface area contributed by atoms with Gasteiger partial charge in [0.15, 0.2) is 5.76 Å². The van der Waals surface area contributed by atoms with Gasteiger partial charge in [-0.2, -0.15) is 17.0 Å². The van der Waals surface area contributed by atoms with E-state index >= 15 is 0 Å². The van der Waals surface area contributed by atoms with Crippen LogP contribution in [0.15, 0.2) is 22.6 Å². The lowest BCUT2D eigenvalue weighted by Gasteiger charge is -2.38. The Hall–Kier alpha value is -1.97. The number of carbonyl (C=O) groups is 1. The number of benzene rings is 1. The van der Waals surface area contributed by atoms with Crippen molar-refractivity contribution in [1.29, 1.82) is 0 Å². The van der Waals surface area contributed by atoms with Crippen LogP contribution in [0.1, 0.15) is 48.2 Å². The van der Waals surface area contributed by atoms with Crippen LogP contribution >= 0.6 is 0 Å². The summed E-state index contributed by atoms with van der Waals surface area (Å²) in [5.41, 5.74) is 1.06. The van der Waals surface area contributed by atoms with Crippen molar-refractivity contribution in [2.45, 2.75) is 45.1 Å². The highest BCUT2D eigenvalue weighted by atomic mass is 32.2. The number of nitrogens with zero attached hydrogens (tertiary/aromatic N) is 3. The number of rotatable bonds is 4. The molecule has 2 aliphatic rings. The zero-order valence-electron chi connectivity index (χ0n) is 17.4. The normalized spacial score (nSPS) is 19.7. The number of halogens is 1. The Labute approximate surface area is 176 Å². The Bertz CT molecular complexity index is 1040. The number of carbonyl (C=O) groups excluding carboxylic acids is 1. The van der Waals surface area contributed by atoms with Crippen molar-refractivity contribution in [2.75, 3.05) is 33.2 Å². The van der Waals surface area contributed by atoms with Gasteiger partial charge in [-0.3, -0.25) is 4.79 Å². The third kappa shape index (κ3) is 3.86. The number of aryl methyl sites for hydroxylation is 1. The van der Waals surface area contributed by atoms with Gasteiger partial charge in [0.2, 0.25) is 0 Å². The average Bonchev–Trinajstić information content (AvgIpc) is 3.09. The molecular formula is C21H28FN3O4S. The summed E-state index contributed by atoms with van der Waals surface area (Å²) in [7, 11) is -1.88. The highest BCUT2D eigenvalue weighted by Crippen LogP contribution is 2.28. The van der Waals surface area contributed by atoms with Crippen molar-refractivity contribution in [3.63, 3.8) is 0 Å². The molecule has 0 unspecified atom stereocenters. The minimum absolute atomic E-state index is 0.0574. The second kappa shape index (κ2) is 8.28. The summed E-state index contributed by atoms with van der Waals surface area (Å²) in [6.45, 7) is 2.82. The van der Waals surface area contributed by atoms with Crippen LogP contribution in [0, 0.1) is 12.7 Å². The first-order chi connectivity index (χ1) is 14.3. The number of furan rings is 1. The first-order valence-electron chi connectivity index (χ1n) is 10.5. The molecule has 2 aromatic rings. The third-order valence-corrected chi connectivity index (χ3v) is 8.44. The van der Waals surface area contributed by atoms with E-state index in [9.17, 15) is 17.6 Å². The lowest BCUT2D eigenvalue weighted by atomic mass is 9.96. The molecule has 1 aliphatic carbocycles. The Kier molecular flexibility index (Phi) is 5.87. The Morgan fingerprint density at radius 2 is 1.80 bits per heavy atom. The lowest BCUT2D eigenvalue weighted by Crippen LogP contribution is -2.55. The summed E-state index contributed by atoms with van der Waals surface area (Å²) in [6, 6.07) is 4.23. The molecule has 0 radical (unpaired) electrons. The Balaban J connectivity index is 1.44. The van der Waals surface area contributed by atoms with Crippen molar-refractivity contribution in [2.24, 2.45) is 0 Å². The summed E-state index contributed by atoms with van der Waals surface area (Å²) in [4.78, 5) is 14.6. The van der Waals surface area contributed by atoms with Crippen LogP contribution in [-0.2, 0) is 10.2 Å². The third-order valence-electron chi connectivity index (χ3n) is 6.40. The van der Waals surface area contributed by atoms with Gasteiger partial charge in [-0.25, -0.2) is 4.39 Å². The Morgan fingerprint density at radius 3 is 2.47 bits per heavy atom. The van der Waals surface area contributed by atoms with Gasteiger partial charge < -0.3 is 9.32 Å². The fourth-order valence-electron chi connectivity index (χ4n) is 4.48. The van der Waals surface area contributed by atoms with E-state index in [1.165, 1.54) is 33.2 Å². The quantitative estimate of drug-likeness (QED) is 0.737. The van der Waals surface area contributed by atoms with Gasteiger partial charge in [-0.05, 0) is 38.0 Å². The van der Waals surface area contributed by atoms with E-state index in [4.69, 9.17) is 4.42 Å². The minimum Gasteiger partial charge on any atom is -0.451 e. The summed E-state index contributed by atoms with van der Waals surface area (Å²) in [5.74, 6) is -0.487. The second-order valence-corrected chi connectivity index (χ2v) is 10.2. The molecule has 4 rings (SSSR count). The maximum absolute atomic E-state index is 13.5. The summed E-state index contributed by atoms with van der Waals surface area (Å²) in [5, 5.41) is 0.577. The van der Waals surface area contributed by atoms with Crippen molar-refractivity contribution >= 4 is 27.1 Å². The molecule has 2 fully saturated rings. The smallest absolute Gasteiger partial charge is 0.289 e. The van der Waals surface area contributed by atoms with Gasteiger partial charge in [-0.1, -0.05) is 19.3 Å². The van der Waals surface area contributed by atoms with Crippen LogP contribution in [0.4, 0.5) is 4.39 Å². The van der Waals surface area contributed by atoms with Gasteiger partial charge in [-0.15, -0.1) is 0 Å². The number of hydrogen-bond acceptors (Lipinski definition) is 4. The molecule has 1 amide bonds.